The second-order valence-electron chi connectivity index (χ2n) is 5.77. The molecule has 25 heavy (non-hydrogen) atoms. The molecule has 0 aromatic heterocycles. The van der Waals surface area contributed by atoms with Gasteiger partial charge in [0.1, 0.15) is 11.6 Å². The van der Waals surface area contributed by atoms with Gasteiger partial charge in [-0.05, 0) is 44.4 Å². The highest BCUT2D eigenvalue weighted by Crippen LogP contribution is 2.21. The number of nitrogens with zero attached hydrogens (tertiary/aromatic N) is 2. The Morgan fingerprint density at radius 2 is 2.00 bits per heavy atom. The lowest BCUT2D eigenvalue weighted by Crippen LogP contribution is -2.36. The van der Waals surface area contributed by atoms with Crippen LogP contribution < -0.4 is 10.6 Å². The number of nitrogens with one attached hydrogen (secondary N) is 2. The van der Waals surface area contributed by atoms with Crippen molar-refractivity contribution in [2.45, 2.75) is 6.54 Å². The summed E-state index contributed by atoms with van der Waals surface area (Å²) in [6.45, 7) is 1.65. The highest BCUT2D eigenvalue weighted by atomic mass is 79.9. The lowest BCUT2D eigenvalue weighted by molar-refractivity contribution is 0.412. The van der Waals surface area contributed by atoms with Crippen LogP contribution in [-0.4, -0.2) is 43.2 Å². The summed E-state index contributed by atoms with van der Waals surface area (Å²) in [7, 11) is 3.96. The van der Waals surface area contributed by atoms with E-state index in [1.54, 1.807) is 30.3 Å². The van der Waals surface area contributed by atoms with Crippen molar-refractivity contribution in [1.82, 2.24) is 10.2 Å². The molecule has 0 amide bonds. The van der Waals surface area contributed by atoms with Gasteiger partial charge in [-0.25, -0.2) is 9.38 Å². The number of aromatic hydroxyl groups is 1. The molecule has 134 valence electrons. The maximum Gasteiger partial charge on any atom is 0.196 e. The number of halogens is 2. The van der Waals surface area contributed by atoms with Crippen molar-refractivity contribution in [2.24, 2.45) is 4.99 Å². The number of guanidine groups is 1. The van der Waals surface area contributed by atoms with E-state index in [1.807, 2.05) is 25.1 Å². The SMILES string of the molecule is CN(C)CCNC(=NCc1cc(Br)ccc1F)Nc1ccccc1O. The zero-order valence-corrected chi connectivity index (χ0v) is 15.8. The predicted molar refractivity (Wildman–Crippen MR) is 104 cm³/mol. The van der Waals surface area contributed by atoms with E-state index in [1.165, 1.54) is 6.07 Å². The Kier molecular flexibility index (Phi) is 7.21. The van der Waals surface area contributed by atoms with E-state index in [0.717, 1.165) is 11.0 Å². The quantitative estimate of drug-likeness (QED) is 0.389. The third-order valence-corrected chi connectivity index (χ3v) is 3.92. The summed E-state index contributed by atoms with van der Waals surface area (Å²) < 4.78 is 14.7. The Bertz CT molecular complexity index is 737. The van der Waals surface area contributed by atoms with Crippen molar-refractivity contribution in [3.8, 4) is 5.75 Å². The van der Waals surface area contributed by atoms with Gasteiger partial charge in [-0.3, -0.25) is 0 Å². The van der Waals surface area contributed by atoms with Crippen molar-refractivity contribution in [3.63, 3.8) is 0 Å². The summed E-state index contributed by atoms with van der Waals surface area (Å²) >= 11 is 3.34. The molecule has 2 aromatic rings. The average molecular weight is 409 g/mol. The molecule has 0 aliphatic heterocycles. The van der Waals surface area contributed by atoms with Gasteiger partial charge in [0.15, 0.2) is 5.96 Å². The van der Waals surface area contributed by atoms with Crippen LogP contribution in [0.1, 0.15) is 5.56 Å². The highest BCUT2D eigenvalue weighted by Gasteiger charge is 2.06. The van der Waals surface area contributed by atoms with Gasteiger partial charge in [0.05, 0.1) is 12.2 Å². The van der Waals surface area contributed by atoms with Crippen LogP contribution in [-0.2, 0) is 6.54 Å². The number of anilines is 1. The number of para-hydroxylation sites is 2. The van der Waals surface area contributed by atoms with E-state index in [9.17, 15) is 9.50 Å². The van der Waals surface area contributed by atoms with E-state index in [0.29, 0.717) is 23.8 Å². The first-order valence-electron chi connectivity index (χ1n) is 7.87. The van der Waals surface area contributed by atoms with Crippen molar-refractivity contribution < 1.29 is 9.50 Å². The number of hydrogen-bond acceptors (Lipinski definition) is 3. The Labute approximate surface area is 155 Å². The van der Waals surface area contributed by atoms with Gasteiger partial charge in [0.2, 0.25) is 0 Å². The van der Waals surface area contributed by atoms with Crippen LogP contribution in [0.2, 0.25) is 0 Å². The molecule has 0 bridgehead atoms. The van der Waals surface area contributed by atoms with Crippen LogP contribution in [0.25, 0.3) is 0 Å². The summed E-state index contributed by atoms with van der Waals surface area (Å²) in [4.78, 5) is 6.47. The zero-order chi connectivity index (χ0) is 18.2. The van der Waals surface area contributed by atoms with Gasteiger partial charge in [-0.15, -0.1) is 0 Å². The van der Waals surface area contributed by atoms with E-state index >= 15 is 0 Å². The summed E-state index contributed by atoms with van der Waals surface area (Å²) in [5, 5.41) is 16.2. The number of phenolic OH excluding ortho intramolecular Hbond substituents is 1. The molecule has 3 N–H and O–H groups in total. The van der Waals surface area contributed by atoms with E-state index in [2.05, 4.69) is 31.6 Å². The normalized spacial score (nSPS) is 11.6. The Morgan fingerprint density at radius 3 is 2.72 bits per heavy atom. The van der Waals surface area contributed by atoms with Crippen molar-refractivity contribution in [3.05, 3.63) is 58.3 Å². The first-order valence-corrected chi connectivity index (χ1v) is 8.67. The molecule has 0 heterocycles. The molecule has 2 aromatic carbocycles. The Hall–Kier alpha value is -2.12. The summed E-state index contributed by atoms with van der Waals surface area (Å²) in [6.07, 6.45) is 0. The second-order valence-corrected chi connectivity index (χ2v) is 6.69. The lowest BCUT2D eigenvalue weighted by atomic mass is 10.2. The summed E-state index contributed by atoms with van der Waals surface area (Å²) in [6, 6.07) is 11.7. The molecule has 5 nitrogen and oxygen atoms in total. The molecule has 0 radical (unpaired) electrons. The maximum atomic E-state index is 13.9. The Morgan fingerprint density at radius 1 is 1.24 bits per heavy atom. The van der Waals surface area contributed by atoms with Crippen molar-refractivity contribution >= 4 is 27.6 Å². The molecule has 0 aliphatic rings. The molecule has 0 saturated heterocycles. The smallest absolute Gasteiger partial charge is 0.196 e. The summed E-state index contributed by atoms with van der Waals surface area (Å²) in [5.41, 5.74) is 1.02. The fourth-order valence-electron chi connectivity index (χ4n) is 2.07. The average Bonchev–Trinajstić information content (AvgIpc) is 2.57. The van der Waals surface area contributed by atoms with Gasteiger partial charge in [-0.1, -0.05) is 28.1 Å². The van der Waals surface area contributed by atoms with Crippen molar-refractivity contribution in [1.29, 1.82) is 0 Å². The standard InChI is InChI=1S/C18H22BrFN4O/c1-24(2)10-9-21-18(23-16-5-3-4-6-17(16)25)22-12-13-11-14(19)7-8-15(13)20/h3-8,11,25H,9-10,12H2,1-2H3,(H2,21,22,23). The minimum atomic E-state index is -0.304. The van der Waals surface area contributed by atoms with Crippen LogP contribution in [0.4, 0.5) is 10.1 Å². The molecule has 7 heteroatoms. The largest absolute Gasteiger partial charge is 0.506 e. The van der Waals surface area contributed by atoms with E-state index < -0.39 is 0 Å². The van der Waals surface area contributed by atoms with Crippen LogP contribution >= 0.6 is 15.9 Å². The summed E-state index contributed by atoms with van der Waals surface area (Å²) in [5.74, 6) is 0.295. The topological polar surface area (TPSA) is 59.9 Å². The highest BCUT2D eigenvalue weighted by molar-refractivity contribution is 9.10. The number of likely N-dealkylation sites (N-methyl/N-ethyl adjacent to an activating group) is 1. The minimum absolute atomic E-state index is 0.123. The second kappa shape index (κ2) is 9.39. The minimum Gasteiger partial charge on any atom is -0.506 e. The Balaban J connectivity index is 2.14. The fourth-order valence-corrected chi connectivity index (χ4v) is 2.48. The number of hydrogen-bond donors (Lipinski definition) is 3. The predicted octanol–water partition coefficient (Wildman–Crippen LogP) is 3.41. The number of phenols is 1. The van der Waals surface area contributed by atoms with E-state index in [-0.39, 0.29) is 18.1 Å². The van der Waals surface area contributed by atoms with Gasteiger partial charge in [0.25, 0.3) is 0 Å². The fraction of sp³-hybridized carbons (Fsp3) is 0.278. The third-order valence-electron chi connectivity index (χ3n) is 3.42. The van der Waals surface area contributed by atoms with Gasteiger partial charge in [0, 0.05) is 23.1 Å². The molecular formula is C18H22BrFN4O. The van der Waals surface area contributed by atoms with Gasteiger partial charge < -0.3 is 20.6 Å². The molecule has 0 unspecified atom stereocenters. The maximum absolute atomic E-state index is 13.9. The molecule has 0 aliphatic carbocycles. The molecule has 0 spiro atoms. The molecule has 2 rings (SSSR count). The molecule has 0 fully saturated rings. The van der Waals surface area contributed by atoms with Crippen LogP contribution in [0.15, 0.2) is 51.9 Å². The van der Waals surface area contributed by atoms with Crippen molar-refractivity contribution in [2.75, 3.05) is 32.5 Å². The monoisotopic (exact) mass is 408 g/mol. The zero-order valence-electron chi connectivity index (χ0n) is 14.3. The first kappa shape index (κ1) is 19.2. The molecule has 0 saturated carbocycles. The van der Waals surface area contributed by atoms with Crippen LogP contribution in [0.3, 0.4) is 0 Å². The van der Waals surface area contributed by atoms with Gasteiger partial charge >= 0.3 is 0 Å². The van der Waals surface area contributed by atoms with Gasteiger partial charge in [-0.2, -0.15) is 0 Å². The number of aliphatic imine (C=N–C) groups is 1. The first-order chi connectivity index (χ1) is 12.0. The molecular weight excluding hydrogens is 387 g/mol. The van der Waals surface area contributed by atoms with Crippen LogP contribution in [0, 0.1) is 5.82 Å². The molecule has 0 atom stereocenters. The van der Waals surface area contributed by atoms with Crippen LogP contribution in [0.5, 0.6) is 5.75 Å². The van der Waals surface area contributed by atoms with E-state index in [4.69, 9.17) is 0 Å². The number of rotatable bonds is 6. The third kappa shape index (κ3) is 6.36. The lowest BCUT2D eigenvalue weighted by Gasteiger charge is -2.15. The number of benzene rings is 2.